The second-order valence-corrected chi connectivity index (χ2v) is 8.36. The van der Waals surface area contributed by atoms with Crippen molar-refractivity contribution in [2.24, 2.45) is 4.99 Å². The lowest BCUT2D eigenvalue weighted by Crippen LogP contribution is -2.39. The molecule has 1 atom stereocenters. The number of hydrogen-bond donors (Lipinski definition) is 0. The highest BCUT2D eigenvalue weighted by Crippen LogP contribution is 2.31. The number of hydrogen-bond acceptors (Lipinski definition) is 7. The number of aromatic nitrogens is 1. The van der Waals surface area contributed by atoms with Gasteiger partial charge in [-0.25, -0.2) is 9.79 Å². The molecule has 170 valence electrons. The highest BCUT2D eigenvalue weighted by molar-refractivity contribution is 7.07. The van der Waals surface area contributed by atoms with Gasteiger partial charge < -0.3 is 14.2 Å². The van der Waals surface area contributed by atoms with Gasteiger partial charge in [-0.15, -0.1) is 0 Å². The third-order valence-corrected chi connectivity index (χ3v) is 6.33. The lowest BCUT2D eigenvalue weighted by atomic mass is 9.96. The largest absolute Gasteiger partial charge is 0.497 e. The fourth-order valence-corrected chi connectivity index (χ4v) is 4.82. The number of ether oxygens (including phenoxy) is 3. The molecule has 7 nitrogen and oxygen atoms in total. The van der Waals surface area contributed by atoms with Crippen LogP contribution in [0.25, 0.3) is 6.08 Å². The highest BCUT2D eigenvalue weighted by Gasteiger charge is 2.33. The summed E-state index contributed by atoms with van der Waals surface area (Å²) in [4.78, 5) is 31.3. The van der Waals surface area contributed by atoms with Crippen LogP contribution in [0.4, 0.5) is 0 Å². The molecule has 4 rings (SSSR count). The first-order valence-electron chi connectivity index (χ1n) is 10.4. The lowest BCUT2D eigenvalue weighted by Gasteiger charge is -2.24. The van der Waals surface area contributed by atoms with Crippen molar-refractivity contribution in [2.45, 2.75) is 19.9 Å². The summed E-state index contributed by atoms with van der Waals surface area (Å²) in [6.45, 7) is 4.27. The number of nitrogens with zero attached hydrogens (tertiary/aromatic N) is 2. The maximum absolute atomic E-state index is 13.5. The number of allylic oxidation sites excluding steroid dienone is 1. The molecule has 0 aliphatic carbocycles. The highest BCUT2D eigenvalue weighted by atomic mass is 32.1. The molecule has 1 unspecified atom stereocenters. The second-order valence-electron chi connectivity index (χ2n) is 7.35. The van der Waals surface area contributed by atoms with Crippen LogP contribution in [0, 0.1) is 0 Å². The average molecular weight is 465 g/mol. The predicted octanol–water partition coefficient (Wildman–Crippen LogP) is 2.82. The third kappa shape index (κ3) is 4.34. The zero-order valence-corrected chi connectivity index (χ0v) is 19.6. The topological polar surface area (TPSA) is 79.1 Å². The number of methoxy groups -OCH3 is 2. The zero-order chi connectivity index (χ0) is 23.5. The molecular formula is C25H24N2O5S. The molecule has 0 bridgehead atoms. The maximum atomic E-state index is 13.5. The normalized spacial score (nSPS) is 15.6. The smallest absolute Gasteiger partial charge is 0.338 e. The molecule has 3 aromatic rings. The minimum atomic E-state index is -0.651. The number of fused-ring (bicyclic) bond motifs is 1. The number of rotatable bonds is 6. The number of thiazole rings is 1. The number of carbonyl (C=O) groups is 1. The van der Waals surface area contributed by atoms with Crippen LogP contribution in [0.15, 0.2) is 69.6 Å². The molecule has 0 N–H and O–H groups in total. The predicted molar refractivity (Wildman–Crippen MR) is 126 cm³/mol. The minimum absolute atomic E-state index is 0.220. The van der Waals surface area contributed by atoms with E-state index in [1.807, 2.05) is 49.4 Å². The SMILES string of the molecule is CCOc1ccc(/C=c2\sc3n(c2=O)C(c2ccc(OC)cc2)C(C(=O)OC)=C(C)N=3)cc1. The Balaban J connectivity index is 1.88. The van der Waals surface area contributed by atoms with E-state index in [1.165, 1.54) is 18.4 Å². The fourth-order valence-electron chi connectivity index (χ4n) is 3.77. The lowest BCUT2D eigenvalue weighted by molar-refractivity contribution is -0.136. The molecule has 0 saturated carbocycles. The summed E-state index contributed by atoms with van der Waals surface area (Å²) in [5.41, 5.74) is 2.27. The van der Waals surface area contributed by atoms with Crippen molar-refractivity contribution in [2.75, 3.05) is 20.8 Å². The molecule has 1 aliphatic heterocycles. The molecule has 2 heterocycles. The molecule has 1 aromatic heterocycles. The van der Waals surface area contributed by atoms with Gasteiger partial charge in [0.15, 0.2) is 4.80 Å². The van der Waals surface area contributed by atoms with Gasteiger partial charge >= 0.3 is 5.97 Å². The van der Waals surface area contributed by atoms with Gasteiger partial charge in [0.05, 0.1) is 42.7 Å². The van der Waals surface area contributed by atoms with E-state index >= 15 is 0 Å². The van der Waals surface area contributed by atoms with Crippen molar-refractivity contribution in [1.82, 2.24) is 4.57 Å². The average Bonchev–Trinajstić information content (AvgIpc) is 3.13. The summed E-state index contributed by atoms with van der Waals surface area (Å²) in [6.07, 6.45) is 1.82. The summed E-state index contributed by atoms with van der Waals surface area (Å²) in [7, 11) is 2.91. The van der Waals surface area contributed by atoms with E-state index in [1.54, 1.807) is 30.7 Å². The van der Waals surface area contributed by atoms with E-state index in [-0.39, 0.29) is 5.56 Å². The maximum Gasteiger partial charge on any atom is 0.338 e. The molecule has 33 heavy (non-hydrogen) atoms. The number of carbonyl (C=O) groups excluding carboxylic acids is 1. The van der Waals surface area contributed by atoms with Crippen molar-refractivity contribution in [3.05, 3.63) is 90.6 Å². The number of esters is 1. The van der Waals surface area contributed by atoms with Crippen LogP contribution in [0.2, 0.25) is 0 Å². The molecule has 2 aromatic carbocycles. The van der Waals surface area contributed by atoms with Crippen molar-refractivity contribution in [3.8, 4) is 11.5 Å². The van der Waals surface area contributed by atoms with Gasteiger partial charge in [-0.1, -0.05) is 35.6 Å². The Morgan fingerprint density at radius 2 is 1.76 bits per heavy atom. The van der Waals surface area contributed by atoms with Gasteiger partial charge in [0.1, 0.15) is 11.5 Å². The Labute approximate surface area is 194 Å². The van der Waals surface area contributed by atoms with Crippen LogP contribution < -0.4 is 24.4 Å². The fraction of sp³-hybridized carbons (Fsp3) is 0.240. The van der Waals surface area contributed by atoms with E-state index in [0.29, 0.717) is 33.0 Å². The Morgan fingerprint density at radius 1 is 1.09 bits per heavy atom. The van der Waals surface area contributed by atoms with E-state index < -0.39 is 12.0 Å². The van der Waals surface area contributed by atoms with Crippen molar-refractivity contribution in [3.63, 3.8) is 0 Å². The second kappa shape index (κ2) is 9.46. The van der Waals surface area contributed by atoms with Gasteiger partial charge in [-0.05, 0) is 55.3 Å². The van der Waals surface area contributed by atoms with E-state index in [9.17, 15) is 9.59 Å². The van der Waals surface area contributed by atoms with E-state index in [2.05, 4.69) is 4.99 Å². The summed E-state index contributed by atoms with van der Waals surface area (Å²) in [5, 5.41) is 0. The Kier molecular flexibility index (Phi) is 6.46. The van der Waals surface area contributed by atoms with Crippen LogP contribution in [0.3, 0.4) is 0 Å². The molecule has 0 radical (unpaired) electrons. The van der Waals surface area contributed by atoms with Crippen LogP contribution >= 0.6 is 11.3 Å². The molecule has 0 saturated heterocycles. The van der Waals surface area contributed by atoms with Crippen LogP contribution in [-0.4, -0.2) is 31.4 Å². The first-order valence-corrected chi connectivity index (χ1v) is 11.3. The molecule has 0 amide bonds. The van der Waals surface area contributed by atoms with Crippen LogP contribution in [-0.2, 0) is 9.53 Å². The summed E-state index contributed by atoms with van der Waals surface area (Å²) in [5.74, 6) is 0.939. The van der Waals surface area contributed by atoms with Crippen molar-refractivity contribution >= 4 is 23.4 Å². The molecule has 0 fully saturated rings. The Bertz CT molecular complexity index is 1380. The van der Waals surface area contributed by atoms with Gasteiger partial charge in [-0.2, -0.15) is 0 Å². The van der Waals surface area contributed by atoms with Gasteiger partial charge in [0.25, 0.3) is 5.56 Å². The Hall–Kier alpha value is -3.65. The molecule has 0 spiro atoms. The summed E-state index contributed by atoms with van der Waals surface area (Å²) in [6, 6.07) is 14.2. The third-order valence-electron chi connectivity index (χ3n) is 5.35. The summed E-state index contributed by atoms with van der Waals surface area (Å²) >= 11 is 1.29. The standard InChI is InChI=1S/C25H24N2O5S/c1-5-32-19-10-6-16(7-11-19)14-20-23(28)27-22(17-8-12-18(30-3)13-9-17)21(24(29)31-4)15(2)26-25(27)33-20/h6-14,22H,5H2,1-4H3/b20-14-. The Morgan fingerprint density at radius 3 is 2.36 bits per heavy atom. The van der Waals surface area contributed by atoms with Gasteiger partial charge in [-0.3, -0.25) is 9.36 Å². The van der Waals surface area contributed by atoms with Crippen LogP contribution in [0.5, 0.6) is 11.5 Å². The molecular weight excluding hydrogens is 440 g/mol. The molecule has 1 aliphatic rings. The van der Waals surface area contributed by atoms with Crippen molar-refractivity contribution < 1.29 is 19.0 Å². The van der Waals surface area contributed by atoms with Gasteiger partial charge in [0, 0.05) is 0 Å². The first-order chi connectivity index (χ1) is 16.0. The monoisotopic (exact) mass is 464 g/mol. The van der Waals surface area contributed by atoms with E-state index in [0.717, 1.165) is 16.9 Å². The number of benzene rings is 2. The van der Waals surface area contributed by atoms with Crippen LogP contribution in [0.1, 0.15) is 31.0 Å². The molecule has 8 heteroatoms. The van der Waals surface area contributed by atoms with E-state index in [4.69, 9.17) is 14.2 Å². The van der Waals surface area contributed by atoms with Gasteiger partial charge in [0.2, 0.25) is 0 Å². The minimum Gasteiger partial charge on any atom is -0.497 e. The summed E-state index contributed by atoms with van der Waals surface area (Å²) < 4.78 is 17.9. The quantitative estimate of drug-likeness (QED) is 0.524. The zero-order valence-electron chi connectivity index (χ0n) is 18.8. The first kappa shape index (κ1) is 22.5. The van der Waals surface area contributed by atoms with Crippen molar-refractivity contribution in [1.29, 1.82) is 0 Å².